The zero-order chi connectivity index (χ0) is 21.1. The first-order chi connectivity index (χ1) is 14.5. The van der Waals surface area contributed by atoms with Gasteiger partial charge in [0.1, 0.15) is 0 Å². The van der Waals surface area contributed by atoms with Gasteiger partial charge in [0.05, 0.1) is 22.9 Å². The van der Waals surface area contributed by atoms with E-state index in [-0.39, 0.29) is 5.41 Å². The molecule has 1 unspecified atom stereocenters. The fraction of sp³-hybridized carbons (Fsp3) is 0.455. The lowest BCUT2D eigenvalue weighted by molar-refractivity contribution is 0.162. The third-order valence-electron chi connectivity index (χ3n) is 6.01. The van der Waals surface area contributed by atoms with Gasteiger partial charge in [0.15, 0.2) is 0 Å². The van der Waals surface area contributed by atoms with Gasteiger partial charge in [-0.25, -0.2) is 4.98 Å². The Bertz CT molecular complexity index is 961. The van der Waals surface area contributed by atoms with Crippen LogP contribution in [0.25, 0.3) is 0 Å². The molecule has 8 heteroatoms. The van der Waals surface area contributed by atoms with Gasteiger partial charge in [0, 0.05) is 46.4 Å². The number of halogens is 1. The summed E-state index contributed by atoms with van der Waals surface area (Å²) in [5, 5.41) is 9.62. The van der Waals surface area contributed by atoms with Crippen LogP contribution in [0.5, 0.6) is 0 Å². The molecule has 160 valence electrons. The maximum atomic E-state index is 6.09. The number of hydrogen-bond acceptors (Lipinski definition) is 6. The second-order valence-corrected chi connectivity index (χ2v) is 10.1. The van der Waals surface area contributed by atoms with Crippen LogP contribution in [0.2, 0.25) is 5.02 Å². The molecule has 2 aliphatic rings. The van der Waals surface area contributed by atoms with Gasteiger partial charge >= 0.3 is 0 Å². The van der Waals surface area contributed by atoms with E-state index in [9.17, 15) is 0 Å². The average Bonchev–Trinajstić information content (AvgIpc) is 3.28. The summed E-state index contributed by atoms with van der Waals surface area (Å²) < 4.78 is 1.71. The van der Waals surface area contributed by atoms with Crippen molar-refractivity contribution in [2.24, 2.45) is 12.8 Å². The zero-order valence-corrected chi connectivity index (χ0v) is 19.6. The van der Waals surface area contributed by atoms with Crippen LogP contribution < -0.4 is 11.1 Å². The first kappa shape index (κ1) is 21.8. The molecule has 5 rings (SSSR count). The van der Waals surface area contributed by atoms with Crippen molar-refractivity contribution in [2.75, 3.05) is 13.1 Å². The van der Waals surface area contributed by atoms with E-state index in [1.165, 1.54) is 40.4 Å². The molecular weight excluding hydrogens is 434 g/mol. The molecule has 1 aliphatic heterocycles. The van der Waals surface area contributed by atoms with Crippen molar-refractivity contribution in [3.8, 4) is 0 Å². The van der Waals surface area contributed by atoms with Crippen molar-refractivity contribution < 1.29 is 0 Å². The SMILES string of the molecule is Cn1cc(S)cn1.NCCc1nc2c(s1)CCNC2C1(c2ccc(Cl)cc2)CCC1. The molecule has 1 atom stereocenters. The quantitative estimate of drug-likeness (QED) is 0.506. The van der Waals surface area contributed by atoms with Crippen LogP contribution in [0, 0.1) is 0 Å². The van der Waals surface area contributed by atoms with E-state index < -0.39 is 0 Å². The number of hydrogen-bond donors (Lipinski definition) is 3. The molecule has 1 aromatic carbocycles. The number of fused-ring (bicyclic) bond motifs is 1. The van der Waals surface area contributed by atoms with Gasteiger partial charge in [-0.2, -0.15) is 5.10 Å². The molecule has 5 nitrogen and oxygen atoms in total. The topological polar surface area (TPSA) is 68.8 Å². The van der Waals surface area contributed by atoms with Crippen LogP contribution in [-0.4, -0.2) is 27.9 Å². The highest BCUT2D eigenvalue weighted by atomic mass is 35.5. The molecule has 30 heavy (non-hydrogen) atoms. The molecule has 3 aromatic rings. The fourth-order valence-electron chi connectivity index (χ4n) is 4.42. The third kappa shape index (κ3) is 4.46. The maximum Gasteiger partial charge on any atom is 0.0944 e. The Morgan fingerprint density at radius 3 is 2.63 bits per heavy atom. The molecule has 3 N–H and O–H groups in total. The van der Waals surface area contributed by atoms with Crippen LogP contribution in [0.4, 0.5) is 0 Å². The van der Waals surface area contributed by atoms with Crippen molar-refractivity contribution in [1.82, 2.24) is 20.1 Å². The first-order valence-electron chi connectivity index (χ1n) is 10.4. The summed E-state index contributed by atoms with van der Waals surface area (Å²) in [6.45, 7) is 1.71. The average molecular weight is 462 g/mol. The number of benzene rings is 1. The lowest BCUT2D eigenvalue weighted by atomic mass is 9.59. The van der Waals surface area contributed by atoms with Crippen LogP contribution in [0.1, 0.15) is 46.4 Å². The minimum Gasteiger partial charge on any atom is -0.330 e. The lowest BCUT2D eigenvalue weighted by Crippen LogP contribution is -2.49. The minimum absolute atomic E-state index is 0.174. The Morgan fingerprint density at radius 1 is 1.33 bits per heavy atom. The molecule has 2 aromatic heterocycles. The second-order valence-electron chi connectivity index (χ2n) is 7.98. The van der Waals surface area contributed by atoms with Crippen molar-refractivity contribution in [1.29, 1.82) is 0 Å². The van der Waals surface area contributed by atoms with E-state index in [2.05, 4.69) is 35.2 Å². The Labute approximate surface area is 192 Å². The van der Waals surface area contributed by atoms with Crippen LogP contribution in [0.15, 0.2) is 41.6 Å². The summed E-state index contributed by atoms with van der Waals surface area (Å²) in [6, 6.07) is 8.75. The number of nitrogens with zero attached hydrogens (tertiary/aromatic N) is 3. The van der Waals surface area contributed by atoms with Gasteiger partial charge in [0.25, 0.3) is 0 Å². The van der Waals surface area contributed by atoms with E-state index in [4.69, 9.17) is 22.3 Å². The molecule has 0 spiro atoms. The van der Waals surface area contributed by atoms with Crippen molar-refractivity contribution >= 4 is 35.6 Å². The maximum absolute atomic E-state index is 6.09. The molecule has 0 saturated heterocycles. The molecule has 0 radical (unpaired) electrons. The Morgan fingerprint density at radius 2 is 2.10 bits per heavy atom. The summed E-state index contributed by atoms with van der Waals surface area (Å²) in [7, 11) is 1.86. The molecule has 1 saturated carbocycles. The zero-order valence-electron chi connectivity index (χ0n) is 17.1. The number of thiol groups is 1. The predicted octanol–water partition coefficient (Wildman–Crippen LogP) is 4.32. The fourth-order valence-corrected chi connectivity index (χ4v) is 5.89. The smallest absolute Gasteiger partial charge is 0.0944 e. The summed E-state index contributed by atoms with van der Waals surface area (Å²) in [4.78, 5) is 7.32. The molecular formula is C22H28ClN5S2. The monoisotopic (exact) mass is 461 g/mol. The number of thiazole rings is 1. The molecule has 3 heterocycles. The van der Waals surface area contributed by atoms with Crippen molar-refractivity contribution in [3.05, 3.63) is 62.8 Å². The van der Waals surface area contributed by atoms with Gasteiger partial charge in [-0.15, -0.1) is 24.0 Å². The normalized spacial score (nSPS) is 19.4. The Kier molecular flexibility index (Phi) is 6.85. The summed E-state index contributed by atoms with van der Waals surface area (Å²) in [5.74, 6) is 0. The molecule has 0 amide bonds. The van der Waals surface area contributed by atoms with Gasteiger partial charge in [0.2, 0.25) is 0 Å². The van der Waals surface area contributed by atoms with Crippen LogP contribution >= 0.6 is 35.6 Å². The van der Waals surface area contributed by atoms with E-state index in [1.54, 1.807) is 10.9 Å². The van der Waals surface area contributed by atoms with Gasteiger partial charge < -0.3 is 11.1 Å². The molecule has 0 bridgehead atoms. The Hall–Kier alpha value is -1.38. The standard InChI is InChI=1S/C18H22ClN3S.C4H6N2S/c19-13-4-2-12(3-5-13)18(8-1-9-18)17-16-14(7-11-21-17)23-15(22-16)6-10-20;1-6-3-4(7)2-5-6/h2-5,17,21H,1,6-11,20H2;2-3,7H,1H3. The van der Waals surface area contributed by atoms with Crippen molar-refractivity contribution in [3.63, 3.8) is 0 Å². The third-order valence-corrected chi connectivity index (χ3v) is 7.69. The first-order valence-corrected chi connectivity index (χ1v) is 12.0. The second kappa shape index (κ2) is 9.40. The van der Waals surface area contributed by atoms with E-state index >= 15 is 0 Å². The van der Waals surface area contributed by atoms with Gasteiger partial charge in [-0.1, -0.05) is 30.2 Å². The molecule has 1 aliphatic carbocycles. The van der Waals surface area contributed by atoms with Gasteiger partial charge in [-0.05, 0) is 43.5 Å². The summed E-state index contributed by atoms with van der Waals surface area (Å²) in [5.41, 5.74) is 8.57. The highest BCUT2D eigenvalue weighted by Crippen LogP contribution is 2.53. The van der Waals surface area contributed by atoms with Gasteiger partial charge in [-0.3, -0.25) is 4.68 Å². The number of aryl methyl sites for hydroxylation is 1. The molecule has 1 fully saturated rings. The lowest BCUT2D eigenvalue weighted by Gasteiger charge is -2.49. The van der Waals surface area contributed by atoms with E-state index in [0.29, 0.717) is 12.6 Å². The van der Waals surface area contributed by atoms with E-state index in [0.717, 1.165) is 29.3 Å². The number of aromatic nitrogens is 3. The highest BCUT2D eigenvalue weighted by Gasteiger charge is 2.48. The van der Waals surface area contributed by atoms with Crippen LogP contribution in [-0.2, 0) is 25.3 Å². The van der Waals surface area contributed by atoms with Crippen molar-refractivity contribution in [2.45, 2.75) is 48.5 Å². The number of rotatable bonds is 4. The number of nitrogens with two attached hydrogens (primary N) is 1. The highest BCUT2D eigenvalue weighted by molar-refractivity contribution is 7.80. The number of nitrogens with one attached hydrogen (secondary N) is 1. The summed E-state index contributed by atoms with van der Waals surface area (Å²) in [6.07, 6.45) is 9.23. The largest absolute Gasteiger partial charge is 0.330 e. The van der Waals surface area contributed by atoms with E-state index in [1.807, 2.05) is 36.7 Å². The van der Waals surface area contributed by atoms with Crippen LogP contribution in [0.3, 0.4) is 0 Å². The summed E-state index contributed by atoms with van der Waals surface area (Å²) >= 11 is 12.0. The predicted molar refractivity (Wildman–Crippen MR) is 127 cm³/mol. The Balaban J connectivity index is 0.000000265. The minimum atomic E-state index is 0.174.